The molecule has 0 atom stereocenters. The number of guanidine groups is 1. The maximum Gasteiger partial charge on any atom is 0.191 e. The second-order valence-corrected chi connectivity index (χ2v) is 7.37. The van der Waals surface area contributed by atoms with Gasteiger partial charge in [-0.25, -0.2) is 0 Å². The minimum atomic E-state index is 0. The Hall–Kier alpha value is -1.61. The van der Waals surface area contributed by atoms with Crippen molar-refractivity contribution in [3.63, 3.8) is 0 Å². The fourth-order valence-electron chi connectivity index (χ4n) is 3.52. The van der Waals surface area contributed by atoms with Gasteiger partial charge in [-0.2, -0.15) is 5.10 Å². The van der Waals surface area contributed by atoms with Crippen molar-refractivity contribution in [3.8, 4) is 0 Å². The molecule has 7 heteroatoms. The van der Waals surface area contributed by atoms with Gasteiger partial charge in [-0.15, -0.1) is 24.0 Å². The minimum absolute atomic E-state index is 0. The number of halogens is 1. The van der Waals surface area contributed by atoms with E-state index in [0.717, 1.165) is 37.6 Å². The van der Waals surface area contributed by atoms with Crippen LogP contribution in [0, 0.1) is 0 Å². The molecule has 2 N–H and O–H groups in total. The first-order valence-corrected chi connectivity index (χ1v) is 10.4. The number of ether oxygens (including phenoxy) is 1. The van der Waals surface area contributed by atoms with Crippen LogP contribution in [0.15, 0.2) is 47.7 Å². The number of rotatable bonds is 9. The van der Waals surface area contributed by atoms with Crippen LogP contribution in [0.2, 0.25) is 0 Å². The molecule has 6 nitrogen and oxygen atoms in total. The van der Waals surface area contributed by atoms with E-state index in [4.69, 9.17) is 4.74 Å². The van der Waals surface area contributed by atoms with Gasteiger partial charge in [-0.05, 0) is 24.8 Å². The minimum Gasteiger partial charge on any atom is -0.378 e. The van der Waals surface area contributed by atoms with Gasteiger partial charge in [0.1, 0.15) is 0 Å². The molecule has 0 amide bonds. The standard InChI is InChI=1S/C22H33N5O.HI/c1-23-22(24-13-8-14-28-21-11-6-3-7-12-21)25-15-20-16-26-27(18-20)17-19-9-4-2-5-10-19;/h2,4-5,9-10,16,18,21H,3,6-8,11-15,17H2,1H3,(H2,23,24,25);1H. The third kappa shape index (κ3) is 8.74. The van der Waals surface area contributed by atoms with Crippen molar-refractivity contribution in [3.05, 3.63) is 53.9 Å². The molecule has 0 saturated heterocycles. The Balaban J connectivity index is 0.00000300. The lowest BCUT2D eigenvalue weighted by molar-refractivity contribution is 0.0277. The molecule has 1 aliphatic carbocycles. The molecule has 1 heterocycles. The SMILES string of the molecule is CN=C(NCCCOC1CCCCC1)NCc1cnn(Cc2ccccc2)c1.I. The lowest BCUT2D eigenvalue weighted by Crippen LogP contribution is -2.37. The second-order valence-electron chi connectivity index (χ2n) is 7.37. The lowest BCUT2D eigenvalue weighted by atomic mass is 9.98. The van der Waals surface area contributed by atoms with E-state index in [2.05, 4.69) is 51.2 Å². The van der Waals surface area contributed by atoms with Gasteiger partial charge in [0, 0.05) is 38.5 Å². The maximum atomic E-state index is 5.97. The molecular formula is C22H34IN5O. The molecule has 0 unspecified atom stereocenters. The molecule has 0 aliphatic heterocycles. The van der Waals surface area contributed by atoms with Crippen LogP contribution in [-0.4, -0.2) is 42.0 Å². The zero-order valence-electron chi connectivity index (χ0n) is 17.3. The molecular weight excluding hydrogens is 477 g/mol. The normalized spacial score (nSPS) is 15.0. The van der Waals surface area contributed by atoms with Gasteiger partial charge in [0.05, 0.1) is 18.8 Å². The van der Waals surface area contributed by atoms with Crippen molar-refractivity contribution >= 4 is 29.9 Å². The zero-order chi connectivity index (χ0) is 19.4. The largest absolute Gasteiger partial charge is 0.378 e. The van der Waals surface area contributed by atoms with Gasteiger partial charge in [0.2, 0.25) is 0 Å². The summed E-state index contributed by atoms with van der Waals surface area (Å²) in [4.78, 5) is 4.29. The Bertz CT molecular complexity index is 713. The van der Waals surface area contributed by atoms with Crippen molar-refractivity contribution in [2.24, 2.45) is 4.99 Å². The average molecular weight is 511 g/mol. The highest BCUT2D eigenvalue weighted by Gasteiger charge is 2.13. The summed E-state index contributed by atoms with van der Waals surface area (Å²) in [5.41, 5.74) is 2.39. The molecule has 29 heavy (non-hydrogen) atoms. The Morgan fingerprint density at radius 1 is 1.14 bits per heavy atom. The summed E-state index contributed by atoms with van der Waals surface area (Å²) >= 11 is 0. The van der Waals surface area contributed by atoms with Gasteiger partial charge in [-0.1, -0.05) is 49.6 Å². The number of hydrogen-bond acceptors (Lipinski definition) is 3. The molecule has 0 spiro atoms. The summed E-state index contributed by atoms with van der Waals surface area (Å²) < 4.78 is 7.93. The summed E-state index contributed by atoms with van der Waals surface area (Å²) in [5.74, 6) is 0.813. The fourth-order valence-corrected chi connectivity index (χ4v) is 3.52. The van der Waals surface area contributed by atoms with Crippen LogP contribution in [0.1, 0.15) is 49.7 Å². The van der Waals surface area contributed by atoms with Crippen LogP contribution in [-0.2, 0) is 17.8 Å². The fraction of sp³-hybridized carbons (Fsp3) is 0.545. The number of benzene rings is 1. The maximum absolute atomic E-state index is 5.97. The van der Waals surface area contributed by atoms with E-state index in [1.807, 2.05) is 16.9 Å². The Kier molecular flexibility index (Phi) is 11.1. The highest BCUT2D eigenvalue weighted by atomic mass is 127. The first kappa shape index (κ1) is 23.7. The smallest absolute Gasteiger partial charge is 0.191 e. The Morgan fingerprint density at radius 2 is 1.93 bits per heavy atom. The van der Waals surface area contributed by atoms with E-state index >= 15 is 0 Å². The molecule has 2 aromatic rings. The molecule has 1 aromatic carbocycles. The van der Waals surface area contributed by atoms with E-state index in [0.29, 0.717) is 12.6 Å². The molecule has 1 aromatic heterocycles. The highest BCUT2D eigenvalue weighted by Crippen LogP contribution is 2.20. The molecule has 3 rings (SSSR count). The van der Waals surface area contributed by atoms with Crippen LogP contribution in [0.3, 0.4) is 0 Å². The molecule has 1 fully saturated rings. The van der Waals surface area contributed by atoms with E-state index in [1.165, 1.54) is 37.7 Å². The van der Waals surface area contributed by atoms with Crippen molar-refractivity contribution in [1.82, 2.24) is 20.4 Å². The number of hydrogen-bond donors (Lipinski definition) is 2. The topological polar surface area (TPSA) is 63.5 Å². The number of nitrogens with one attached hydrogen (secondary N) is 2. The summed E-state index contributed by atoms with van der Waals surface area (Å²) in [5, 5.41) is 11.1. The Morgan fingerprint density at radius 3 is 2.69 bits per heavy atom. The zero-order valence-corrected chi connectivity index (χ0v) is 19.7. The van der Waals surface area contributed by atoms with E-state index < -0.39 is 0 Å². The quantitative estimate of drug-likeness (QED) is 0.232. The first-order chi connectivity index (χ1) is 13.8. The van der Waals surface area contributed by atoms with Gasteiger partial charge in [-0.3, -0.25) is 9.67 Å². The first-order valence-electron chi connectivity index (χ1n) is 10.4. The summed E-state index contributed by atoms with van der Waals surface area (Å²) in [6, 6.07) is 10.4. The van der Waals surface area contributed by atoms with Gasteiger partial charge in [0.15, 0.2) is 5.96 Å². The monoisotopic (exact) mass is 511 g/mol. The average Bonchev–Trinajstić information content (AvgIpc) is 3.19. The number of nitrogens with zero attached hydrogens (tertiary/aromatic N) is 3. The van der Waals surface area contributed by atoms with Crippen LogP contribution < -0.4 is 10.6 Å². The molecule has 1 aliphatic rings. The number of aliphatic imine (C=N–C) groups is 1. The molecule has 160 valence electrons. The van der Waals surface area contributed by atoms with E-state index in [9.17, 15) is 0 Å². The predicted octanol–water partition coefficient (Wildman–Crippen LogP) is 3.95. The van der Waals surface area contributed by atoms with Gasteiger partial charge < -0.3 is 15.4 Å². The van der Waals surface area contributed by atoms with Crippen molar-refractivity contribution in [2.45, 2.75) is 57.7 Å². The summed E-state index contributed by atoms with van der Waals surface area (Å²) in [7, 11) is 1.80. The predicted molar refractivity (Wildman–Crippen MR) is 129 cm³/mol. The van der Waals surface area contributed by atoms with Crippen LogP contribution in [0.4, 0.5) is 0 Å². The van der Waals surface area contributed by atoms with Crippen molar-refractivity contribution < 1.29 is 4.74 Å². The second kappa shape index (κ2) is 13.6. The molecule has 0 bridgehead atoms. The van der Waals surface area contributed by atoms with Crippen molar-refractivity contribution in [1.29, 1.82) is 0 Å². The van der Waals surface area contributed by atoms with Crippen LogP contribution in [0.5, 0.6) is 0 Å². The highest BCUT2D eigenvalue weighted by molar-refractivity contribution is 14.0. The van der Waals surface area contributed by atoms with E-state index in [-0.39, 0.29) is 24.0 Å². The van der Waals surface area contributed by atoms with Crippen molar-refractivity contribution in [2.75, 3.05) is 20.2 Å². The molecule has 0 radical (unpaired) electrons. The van der Waals surface area contributed by atoms with Crippen LogP contribution in [0.25, 0.3) is 0 Å². The summed E-state index contributed by atoms with van der Waals surface area (Å²) in [6.07, 6.45) is 11.9. The third-order valence-electron chi connectivity index (χ3n) is 5.08. The van der Waals surface area contributed by atoms with E-state index in [1.54, 1.807) is 7.05 Å². The van der Waals surface area contributed by atoms with Crippen LogP contribution >= 0.6 is 24.0 Å². The third-order valence-corrected chi connectivity index (χ3v) is 5.08. The molecule has 1 saturated carbocycles. The van der Waals surface area contributed by atoms with Gasteiger partial charge >= 0.3 is 0 Å². The Labute approximate surface area is 191 Å². The lowest BCUT2D eigenvalue weighted by Gasteiger charge is -2.22. The summed E-state index contributed by atoms with van der Waals surface area (Å²) in [6.45, 7) is 3.17. The van der Waals surface area contributed by atoms with Gasteiger partial charge in [0.25, 0.3) is 0 Å². The number of aromatic nitrogens is 2.